The zero-order valence-electron chi connectivity index (χ0n) is 9.49. The van der Waals surface area contributed by atoms with Crippen molar-refractivity contribution in [3.63, 3.8) is 0 Å². The van der Waals surface area contributed by atoms with E-state index in [0.29, 0.717) is 0 Å². The van der Waals surface area contributed by atoms with Crippen LogP contribution in [0.25, 0.3) is 11.0 Å². The van der Waals surface area contributed by atoms with E-state index >= 15 is 0 Å². The molecule has 0 saturated heterocycles. The van der Waals surface area contributed by atoms with Crippen molar-refractivity contribution in [2.75, 3.05) is 7.05 Å². The highest BCUT2D eigenvalue weighted by Gasteiger charge is 2.13. The fourth-order valence-corrected chi connectivity index (χ4v) is 1.89. The minimum atomic E-state index is 0.289. The van der Waals surface area contributed by atoms with Crippen LogP contribution in [-0.4, -0.2) is 16.6 Å². The highest BCUT2D eigenvalue weighted by Crippen LogP contribution is 2.20. The minimum absolute atomic E-state index is 0.289. The molecule has 0 aliphatic heterocycles. The summed E-state index contributed by atoms with van der Waals surface area (Å²) in [5.74, 6) is 1.11. The summed E-state index contributed by atoms with van der Waals surface area (Å²) >= 11 is 0. The molecule has 0 fully saturated rings. The quantitative estimate of drug-likeness (QED) is 0.829. The smallest absolute Gasteiger partial charge is 0.126 e. The van der Waals surface area contributed by atoms with Gasteiger partial charge in [0.05, 0.1) is 17.1 Å². The molecule has 0 amide bonds. The Bertz CT molecular complexity index is 459. The van der Waals surface area contributed by atoms with Crippen molar-refractivity contribution >= 4 is 11.0 Å². The van der Waals surface area contributed by atoms with Crippen LogP contribution < -0.4 is 5.32 Å². The molecule has 1 heterocycles. The summed E-state index contributed by atoms with van der Waals surface area (Å²) in [6.07, 6.45) is 0. The Kier molecular flexibility index (Phi) is 2.73. The molecular formula is C12H17N3. The average Bonchev–Trinajstić information content (AvgIpc) is 2.66. The lowest BCUT2D eigenvalue weighted by atomic mass is 10.3. The number of benzene rings is 1. The third-order valence-corrected chi connectivity index (χ3v) is 2.82. The summed E-state index contributed by atoms with van der Waals surface area (Å²) in [6.45, 7) is 5.25. The van der Waals surface area contributed by atoms with Crippen molar-refractivity contribution in [3.8, 4) is 0 Å². The van der Waals surface area contributed by atoms with E-state index in [0.717, 1.165) is 17.9 Å². The second-order valence-corrected chi connectivity index (χ2v) is 3.71. The molecule has 1 aromatic heterocycles. The predicted octanol–water partition coefficient (Wildman–Crippen LogP) is 2.34. The molecule has 0 saturated carbocycles. The van der Waals surface area contributed by atoms with Crippen molar-refractivity contribution < 1.29 is 0 Å². The molecular weight excluding hydrogens is 186 g/mol. The number of para-hydroxylation sites is 2. The van der Waals surface area contributed by atoms with Gasteiger partial charge in [-0.1, -0.05) is 12.1 Å². The Hall–Kier alpha value is -1.35. The lowest BCUT2D eigenvalue weighted by molar-refractivity contribution is 0.570. The molecule has 3 heteroatoms. The molecule has 1 unspecified atom stereocenters. The van der Waals surface area contributed by atoms with E-state index in [1.807, 2.05) is 13.1 Å². The first-order valence-electron chi connectivity index (χ1n) is 5.40. The lowest BCUT2D eigenvalue weighted by Gasteiger charge is -2.11. The molecule has 0 aliphatic rings. The Morgan fingerprint density at radius 2 is 2.13 bits per heavy atom. The first-order chi connectivity index (χ1) is 7.27. The number of aryl methyl sites for hydroxylation is 1. The summed E-state index contributed by atoms with van der Waals surface area (Å²) in [4.78, 5) is 4.65. The highest BCUT2D eigenvalue weighted by atomic mass is 15.1. The number of aromatic nitrogens is 2. The average molecular weight is 203 g/mol. The molecule has 0 spiro atoms. The number of nitrogens with one attached hydrogen (secondary N) is 1. The molecule has 1 atom stereocenters. The van der Waals surface area contributed by atoms with E-state index in [9.17, 15) is 0 Å². The van der Waals surface area contributed by atoms with Crippen molar-refractivity contribution in [1.82, 2.24) is 14.9 Å². The van der Waals surface area contributed by atoms with E-state index in [2.05, 4.69) is 46.9 Å². The number of nitrogens with zero attached hydrogens (tertiary/aromatic N) is 2. The van der Waals surface area contributed by atoms with Gasteiger partial charge in [-0.25, -0.2) is 4.98 Å². The van der Waals surface area contributed by atoms with Gasteiger partial charge < -0.3 is 9.88 Å². The summed E-state index contributed by atoms with van der Waals surface area (Å²) in [7, 11) is 1.96. The molecule has 3 nitrogen and oxygen atoms in total. The van der Waals surface area contributed by atoms with Gasteiger partial charge in [-0.05, 0) is 33.0 Å². The van der Waals surface area contributed by atoms with E-state index in [4.69, 9.17) is 0 Å². The van der Waals surface area contributed by atoms with Gasteiger partial charge in [0.2, 0.25) is 0 Å². The first kappa shape index (κ1) is 10.2. The van der Waals surface area contributed by atoms with Crippen LogP contribution >= 0.6 is 0 Å². The minimum Gasteiger partial charge on any atom is -0.327 e. The highest BCUT2D eigenvalue weighted by molar-refractivity contribution is 5.76. The van der Waals surface area contributed by atoms with Gasteiger partial charge in [0.25, 0.3) is 0 Å². The largest absolute Gasteiger partial charge is 0.327 e. The van der Waals surface area contributed by atoms with Gasteiger partial charge in [0.1, 0.15) is 5.82 Å². The predicted molar refractivity (Wildman–Crippen MR) is 62.9 cm³/mol. The van der Waals surface area contributed by atoms with Crippen molar-refractivity contribution in [3.05, 3.63) is 30.1 Å². The Morgan fingerprint density at radius 1 is 1.40 bits per heavy atom. The van der Waals surface area contributed by atoms with Crippen LogP contribution in [0.1, 0.15) is 25.7 Å². The molecule has 2 aromatic rings. The second-order valence-electron chi connectivity index (χ2n) is 3.71. The van der Waals surface area contributed by atoms with Crippen LogP contribution in [0.4, 0.5) is 0 Å². The van der Waals surface area contributed by atoms with E-state index in [1.165, 1.54) is 5.52 Å². The molecule has 0 radical (unpaired) electrons. The molecule has 0 aliphatic carbocycles. The standard InChI is InChI=1S/C12H17N3/c1-4-15-11-8-6-5-7-10(11)14-12(15)9(2)13-3/h5-9,13H,4H2,1-3H3. The van der Waals surface area contributed by atoms with E-state index < -0.39 is 0 Å². The van der Waals surface area contributed by atoms with Gasteiger partial charge in [0.15, 0.2) is 0 Å². The normalized spacial score (nSPS) is 13.3. The van der Waals surface area contributed by atoms with Crippen LogP contribution in [0.2, 0.25) is 0 Å². The van der Waals surface area contributed by atoms with Gasteiger partial charge in [-0.15, -0.1) is 0 Å². The van der Waals surface area contributed by atoms with Gasteiger partial charge >= 0.3 is 0 Å². The third kappa shape index (κ3) is 1.63. The molecule has 2 rings (SSSR count). The number of imidazole rings is 1. The summed E-state index contributed by atoms with van der Waals surface area (Å²) < 4.78 is 2.26. The number of rotatable bonds is 3. The van der Waals surface area contributed by atoms with Crippen molar-refractivity contribution in [2.24, 2.45) is 0 Å². The van der Waals surface area contributed by atoms with Crippen LogP contribution in [0, 0.1) is 0 Å². The Morgan fingerprint density at radius 3 is 2.80 bits per heavy atom. The second kappa shape index (κ2) is 4.03. The molecule has 15 heavy (non-hydrogen) atoms. The van der Waals surface area contributed by atoms with Gasteiger partial charge in [-0.2, -0.15) is 0 Å². The number of hydrogen-bond donors (Lipinski definition) is 1. The molecule has 80 valence electrons. The zero-order chi connectivity index (χ0) is 10.8. The fraction of sp³-hybridized carbons (Fsp3) is 0.417. The fourth-order valence-electron chi connectivity index (χ4n) is 1.89. The monoisotopic (exact) mass is 203 g/mol. The summed E-state index contributed by atoms with van der Waals surface area (Å²) in [5, 5.41) is 3.23. The zero-order valence-corrected chi connectivity index (χ0v) is 9.49. The van der Waals surface area contributed by atoms with Crippen molar-refractivity contribution in [1.29, 1.82) is 0 Å². The van der Waals surface area contributed by atoms with Crippen LogP contribution in [0.15, 0.2) is 24.3 Å². The number of hydrogen-bond acceptors (Lipinski definition) is 2. The van der Waals surface area contributed by atoms with Crippen LogP contribution in [0.5, 0.6) is 0 Å². The molecule has 1 aromatic carbocycles. The molecule has 0 bridgehead atoms. The lowest BCUT2D eigenvalue weighted by Crippen LogP contribution is -2.17. The maximum atomic E-state index is 4.65. The van der Waals surface area contributed by atoms with Crippen LogP contribution in [-0.2, 0) is 6.54 Å². The maximum Gasteiger partial charge on any atom is 0.126 e. The maximum absolute atomic E-state index is 4.65. The summed E-state index contributed by atoms with van der Waals surface area (Å²) in [5.41, 5.74) is 2.30. The first-order valence-corrected chi connectivity index (χ1v) is 5.40. The molecule has 1 N–H and O–H groups in total. The summed E-state index contributed by atoms with van der Waals surface area (Å²) in [6, 6.07) is 8.57. The third-order valence-electron chi connectivity index (χ3n) is 2.82. The van der Waals surface area contributed by atoms with Gasteiger partial charge in [0, 0.05) is 6.54 Å². The number of fused-ring (bicyclic) bond motifs is 1. The topological polar surface area (TPSA) is 29.9 Å². The SMILES string of the molecule is CCn1c(C(C)NC)nc2ccccc21. The van der Waals surface area contributed by atoms with Crippen LogP contribution in [0.3, 0.4) is 0 Å². The van der Waals surface area contributed by atoms with Gasteiger partial charge in [-0.3, -0.25) is 0 Å². The van der Waals surface area contributed by atoms with E-state index in [1.54, 1.807) is 0 Å². The Balaban J connectivity index is 2.63. The Labute approximate surface area is 90.1 Å². The van der Waals surface area contributed by atoms with E-state index in [-0.39, 0.29) is 6.04 Å². The van der Waals surface area contributed by atoms with Crippen molar-refractivity contribution in [2.45, 2.75) is 26.4 Å².